The summed E-state index contributed by atoms with van der Waals surface area (Å²) >= 11 is 0. The highest BCUT2D eigenvalue weighted by atomic mass is 16.3. The fourth-order valence-corrected chi connectivity index (χ4v) is 3.46. The number of nitrogens with zero attached hydrogens (tertiary/aromatic N) is 2. The van der Waals surface area contributed by atoms with Gasteiger partial charge in [0.25, 0.3) is 0 Å². The quantitative estimate of drug-likeness (QED) is 0.247. The number of rotatable bonds is 1. The molecular formula is C30H24N2O3. The van der Waals surface area contributed by atoms with E-state index in [4.69, 9.17) is 5.11 Å². The molecule has 35 heavy (non-hydrogen) atoms. The molecule has 0 saturated carbocycles. The second-order valence-electron chi connectivity index (χ2n) is 7.62. The van der Waals surface area contributed by atoms with Crippen molar-refractivity contribution >= 4 is 21.8 Å². The minimum absolute atomic E-state index is 0.239. The van der Waals surface area contributed by atoms with Crippen molar-refractivity contribution in [2.24, 2.45) is 0 Å². The van der Waals surface area contributed by atoms with Crippen molar-refractivity contribution in [3.63, 3.8) is 0 Å². The molecule has 3 N–H and O–H groups in total. The van der Waals surface area contributed by atoms with Crippen molar-refractivity contribution in [1.29, 1.82) is 0 Å². The second-order valence-corrected chi connectivity index (χ2v) is 7.62. The summed E-state index contributed by atoms with van der Waals surface area (Å²) in [5.74, 6) is 0.783. The van der Waals surface area contributed by atoms with Crippen molar-refractivity contribution in [3.05, 3.63) is 128 Å². The van der Waals surface area contributed by atoms with E-state index in [-0.39, 0.29) is 11.5 Å². The molecule has 0 spiro atoms. The summed E-state index contributed by atoms with van der Waals surface area (Å²) < 4.78 is 0. The first-order chi connectivity index (χ1) is 17.1. The van der Waals surface area contributed by atoms with Gasteiger partial charge in [0.1, 0.15) is 28.3 Å². The molecule has 0 aliphatic carbocycles. The molecule has 4 aromatic carbocycles. The molecule has 6 aromatic rings. The van der Waals surface area contributed by atoms with E-state index in [1.54, 1.807) is 48.8 Å². The summed E-state index contributed by atoms with van der Waals surface area (Å²) in [6.45, 7) is 0. The fourth-order valence-electron chi connectivity index (χ4n) is 3.46. The largest absolute Gasteiger partial charge is 0.508 e. The summed E-state index contributed by atoms with van der Waals surface area (Å²) in [5.41, 5.74) is 3.62. The van der Waals surface area contributed by atoms with Gasteiger partial charge in [-0.2, -0.15) is 0 Å². The van der Waals surface area contributed by atoms with Crippen LogP contribution in [0.3, 0.4) is 0 Å². The lowest BCUT2D eigenvalue weighted by molar-refractivity contribution is 0.475. The van der Waals surface area contributed by atoms with Crippen molar-refractivity contribution in [1.82, 2.24) is 9.97 Å². The summed E-state index contributed by atoms with van der Waals surface area (Å²) in [6, 6.07) is 35.5. The number of phenols is 3. The number of pyridine rings is 2. The lowest BCUT2D eigenvalue weighted by atomic mass is 10.1. The molecule has 0 saturated heterocycles. The highest BCUT2D eigenvalue weighted by Crippen LogP contribution is 2.22. The van der Waals surface area contributed by atoms with Crippen LogP contribution in [-0.2, 0) is 0 Å². The van der Waals surface area contributed by atoms with Gasteiger partial charge in [-0.1, -0.05) is 78.9 Å². The zero-order valence-electron chi connectivity index (χ0n) is 18.9. The van der Waals surface area contributed by atoms with E-state index in [1.165, 1.54) is 5.56 Å². The van der Waals surface area contributed by atoms with Gasteiger partial charge in [0.05, 0.1) is 0 Å². The van der Waals surface area contributed by atoms with Gasteiger partial charge in [0.15, 0.2) is 0 Å². The van der Waals surface area contributed by atoms with E-state index in [0.29, 0.717) is 16.8 Å². The lowest BCUT2D eigenvalue weighted by Gasteiger charge is -2.00. The van der Waals surface area contributed by atoms with E-state index in [1.807, 2.05) is 78.9 Å². The predicted octanol–water partition coefficient (Wildman–Crippen LogP) is 6.94. The smallest absolute Gasteiger partial charge is 0.141 e. The van der Waals surface area contributed by atoms with Crippen molar-refractivity contribution in [2.75, 3.05) is 0 Å². The van der Waals surface area contributed by atoms with Crippen LogP contribution in [0.5, 0.6) is 17.2 Å². The van der Waals surface area contributed by atoms with Crippen LogP contribution in [-0.4, -0.2) is 25.3 Å². The maximum Gasteiger partial charge on any atom is 0.141 e. The standard InChI is InChI=1S/C12H10O.2C9H7NO/c13-12-8-6-11(7-9-12)10-4-2-1-3-5-10;2*11-8-5-1-3-7-4-2-6-10-9(7)8/h1-9,13H;2*1-6,11H. The lowest BCUT2D eigenvalue weighted by Crippen LogP contribution is -1.76. The van der Waals surface area contributed by atoms with Crippen molar-refractivity contribution < 1.29 is 15.3 Å². The third kappa shape index (κ3) is 6.12. The van der Waals surface area contributed by atoms with Crippen LogP contribution in [0.1, 0.15) is 0 Å². The first-order valence-corrected chi connectivity index (χ1v) is 11.0. The molecular weight excluding hydrogens is 436 g/mol. The molecule has 0 aliphatic rings. The Morgan fingerprint density at radius 2 is 0.857 bits per heavy atom. The average Bonchev–Trinajstić information content (AvgIpc) is 2.91. The number of hydrogen-bond donors (Lipinski definition) is 3. The van der Waals surface area contributed by atoms with E-state index in [9.17, 15) is 10.2 Å². The van der Waals surface area contributed by atoms with Crippen LogP contribution in [0, 0.1) is 0 Å². The monoisotopic (exact) mass is 460 g/mol. The SMILES string of the molecule is Oc1ccc(-c2ccccc2)cc1.Oc1cccc2cccnc12.Oc1cccc2cccnc12. The molecule has 0 atom stereocenters. The molecule has 0 aliphatic heterocycles. The Hall–Kier alpha value is -4.90. The Labute approximate surface area is 203 Å². The highest BCUT2D eigenvalue weighted by molar-refractivity contribution is 5.84. The zero-order chi connectivity index (χ0) is 24.5. The number of aromatic nitrogens is 2. The number of benzene rings is 4. The van der Waals surface area contributed by atoms with Gasteiger partial charge >= 0.3 is 0 Å². The molecule has 5 nitrogen and oxygen atoms in total. The topological polar surface area (TPSA) is 86.5 Å². The Morgan fingerprint density at radius 1 is 0.400 bits per heavy atom. The van der Waals surface area contributed by atoms with Crippen LogP contribution in [0.4, 0.5) is 0 Å². The molecule has 0 fully saturated rings. The first-order valence-electron chi connectivity index (χ1n) is 11.0. The van der Waals surface area contributed by atoms with Crippen LogP contribution < -0.4 is 0 Å². The van der Waals surface area contributed by atoms with Crippen LogP contribution in [0.15, 0.2) is 128 Å². The van der Waals surface area contributed by atoms with Gasteiger partial charge in [-0.15, -0.1) is 0 Å². The van der Waals surface area contributed by atoms with Gasteiger partial charge in [-0.05, 0) is 47.5 Å². The van der Waals surface area contributed by atoms with Gasteiger partial charge in [0.2, 0.25) is 0 Å². The molecule has 6 rings (SSSR count). The third-order valence-electron chi connectivity index (χ3n) is 5.20. The molecule has 5 heteroatoms. The minimum atomic E-state index is 0.239. The van der Waals surface area contributed by atoms with Crippen molar-refractivity contribution in [3.8, 4) is 28.4 Å². The first kappa shape index (κ1) is 23.3. The highest BCUT2D eigenvalue weighted by Gasteiger charge is 1.97. The molecule has 2 heterocycles. The summed E-state index contributed by atoms with van der Waals surface area (Å²) in [4.78, 5) is 8.06. The molecule has 0 unspecified atom stereocenters. The molecule has 2 aromatic heterocycles. The normalized spacial score (nSPS) is 10.1. The van der Waals surface area contributed by atoms with Gasteiger partial charge in [-0.25, -0.2) is 0 Å². The zero-order valence-corrected chi connectivity index (χ0v) is 18.9. The second kappa shape index (κ2) is 11.3. The van der Waals surface area contributed by atoms with Gasteiger partial charge < -0.3 is 15.3 Å². The number of aromatic hydroxyl groups is 3. The summed E-state index contributed by atoms with van der Waals surface area (Å²) in [5, 5.41) is 29.7. The van der Waals surface area contributed by atoms with Gasteiger partial charge in [0, 0.05) is 23.2 Å². The Balaban J connectivity index is 0.000000124. The molecule has 172 valence electrons. The number of fused-ring (bicyclic) bond motifs is 2. The van der Waals surface area contributed by atoms with E-state index in [2.05, 4.69) is 9.97 Å². The third-order valence-corrected chi connectivity index (χ3v) is 5.20. The van der Waals surface area contributed by atoms with Crippen molar-refractivity contribution in [2.45, 2.75) is 0 Å². The van der Waals surface area contributed by atoms with Crippen LogP contribution >= 0.6 is 0 Å². The van der Waals surface area contributed by atoms with Gasteiger partial charge in [-0.3, -0.25) is 9.97 Å². The number of para-hydroxylation sites is 2. The molecule has 0 radical (unpaired) electrons. The number of hydrogen-bond acceptors (Lipinski definition) is 5. The average molecular weight is 461 g/mol. The molecule has 0 amide bonds. The predicted molar refractivity (Wildman–Crippen MR) is 140 cm³/mol. The van der Waals surface area contributed by atoms with Crippen LogP contribution in [0.2, 0.25) is 0 Å². The van der Waals surface area contributed by atoms with E-state index < -0.39 is 0 Å². The fraction of sp³-hybridized carbons (Fsp3) is 0. The summed E-state index contributed by atoms with van der Waals surface area (Å²) in [6.07, 6.45) is 3.34. The maximum atomic E-state index is 9.31. The minimum Gasteiger partial charge on any atom is -0.508 e. The van der Waals surface area contributed by atoms with E-state index >= 15 is 0 Å². The Kier molecular flexibility index (Phi) is 7.51. The Morgan fingerprint density at radius 3 is 1.34 bits per heavy atom. The summed E-state index contributed by atoms with van der Waals surface area (Å²) in [7, 11) is 0. The van der Waals surface area contributed by atoms with E-state index in [0.717, 1.165) is 16.3 Å². The maximum absolute atomic E-state index is 9.31. The number of phenolic OH excluding ortho intramolecular Hbond substituents is 3. The Bertz CT molecular complexity index is 1430. The van der Waals surface area contributed by atoms with Crippen LogP contribution in [0.25, 0.3) is 32.9 Å². The molecule has 0 bridgehead atoms.